The number of thioether (sulfide) groups is 1. The van der Waals surface area contributed by atoms with E-state index in [1.54, 1.807) is 11.8 Å². The van der Waals surface area contributed by atoms with Crippen molar-refractivity contribution in [3.63, 3.8) is 0 Å². The average Bonchev–Trinajstić information content (AvgIpc) is 3.13. The third-order valence-corrected chi connectivity index (χ3v) is 5.44. The smallest absolute Gasteiger partial charge is 0.240 e. The quantitative estimate of drug-likeness (QED) is 0.691. The van der Waals surface area contributed by atoms with Crippen molar-refractivity contribution in [1.29, 1.82) is 0 Å². The van der Waals surface area contributed by atoms with Gasteiger partial charge in [0.25, 0.3) is 0 Å². The predicted octanol–water partition coefficient (Wildman–Crippen LogP) is 3.60. The summed E-state index contributed by atoms with van der Waals surface area (Å²) in [6, 6.07) is 12.1. The average molecular weight is 371 g/mol. The minimum absolute atomic E-state index is 0.0190. The first kappa shape index (κ1) is 18.6. The monoisotopic (exact) mass is 370 g/mol. The molecule has 1 unspecified atom stereocenters. The SMILES string of the molecule is CSCCC(NC(=O)Cn1c(C)ccc1C)c1nc2ccccc2n1C. The Morgan fingerprint density at radius 2 is 1.88 bits per heavy atom. The van der Waals surface area contributed by atoms with Gasteiger partial charge in [-0.2, -0.15) is 11.8 Å². The number of para-hydroxylation sites is 2. The van der Waals surface area contributed by atoms with Gasteiger partial charge in [0.1, 0.15) is 12.4 Å². The van der Waals surface area contributed by atoms with E-state index in [0.717, 1.165) is 40.4 Å². The van der Waals surface area contributed by atoms with Crippen LogP contribution in [0.5, 0.6) is 0 Å². The van der Waals surface area contributed by atoms with Crippen molar-refractivity contribution >= 4 is 28.7 Å². The van der Waals surface area contributed by atoms with Crippen LogP contribution >= 0.6 is 11.8 Å². The predicted molar refractivity (Wildman–Crippen MR) is 109 cm³/mol. The van der Waals surface area contributed by atoms with Gasteiger partial charge in [-0.15, -0.1) is 0 Å². The Bertz CT molecular complexity index is 892. The number of rotatable bonds is 7. The van der Waals surface area contributed by atoms with Crippen molar-refractivity contribution in [3.05, 3.63) is 53.6 Å². The summed E-state index contributed by atoms with van der Waals surface area (Å²) in [5.74, 6) is 1.90. The molecule has 0 radical (unpaired) electrons. The maximum atomic E-state index is 12.7. The molecule has 3 aromatic rings. The second kappa shape index (κ2) is 7.99. The minimum Gasteiger partial charge on any atom is -0.345 e. The molecule has 2 heterocycles. The van der Waals surface area contributed by atoms with Crippen molar-refractivity contribution < 1.29 is 4.79 Å². The van der Waals surface area contributed by atoms with Crippen LogP contribution < -0.4 is 5.32 Å². The van der Waals surface area contributed by atoms with E-state index >= 15 is 0 Å². The molecule has 3 rings (SSSR count). The van der Waals surface area contributed by atoms with E-state index in [-0.39, 0.29) is 11.9 Å². The molecule has 138 valence electrons. The number of carbonyl (C=O) groups excluding carboxylic acids is 1. The fourth-order valence-electron chi connectivity index (χ4n) is 3.31. The fourth-order valence-corrected chi connectivity index (χ4v) is 3.78. The van der Waals surface area contributed by atoms with Crippen molar-refractivity contribution in [2.24, 2.45) is 7.05 Å². The molecule has 2 aromatic heterocycles. The number of aryl methyl sites for hydroxylation is 3. The molecule has 0 saturated carbocycles. The topological polar surface area (TPSA) is 51.9 Å². The van der Waals surface area contributed by atoms with Crippen LogP contribution in [-0.4, -0.2) is 32.0 Å². The van der Waals surface area contributed by atoms with Crippen LogP contribution in [0.4, 0.5) is 0 Å². The summed E-state index contributed by atoms with van der Waals surface area (Å²) in [7, 11) is 2.02. The number of amides is 1. The molecule has 26 heavy (non-hydrogen) atoms. The molecule has 0 aliphatic heterocycles. The summed E-state index contributed by atoms with van der Waals surface area (Å²) >= 11 is 1.78. The lowest BCUT2D eigenvalue weighted by Gasteiger charge is -2.19. The number of aromatic nitrogens is 3. The number of nitrogens with one attached hydrogen (secondary N) is 1. The molecule has 1 N–H and O–H groups in total. The third kappa shape index (κ3) is 3.80. The second-order valence-corrected chi connectivity index (χ2v) is 7.61. The molecule has 0 aliphatic rings. The van der Waals surface area contributed by atoms with Gasteiger partial charge in [-0.25, -0.2) is 4.98 Å². The zero-order valence-corrected chi connectivity index (χ0v) is 16.6. The third-order valence-electron chi connectivity index (χ3n) is 4.80. The molecular formula is C20H26N4OS. The highest BCUT2D eigenvalue weighted by molar-refractivity contribution is 7.98. The highest BCUT2D eigenvalue weighted by atomic mass is 32.2. The van der Waals surface area contributed by atoms with E-state index in [2.05, 4.69) is 22.2 Å². The molecule has 1 aromatic carbocycles. The van der Waals surface area contributed by atoms with Crippen LogP contribution in [0.2, 0.25) is 0 Å². The van der Waals surface area contributed by atoms with Gasteiger partial charge in [0.15, 0.2) is 0 Å². The number of nitrogens with zero attached hydrogens (tertiary/aromatic N) is 3. The summed E-state index contributed by atoms with van der Waals surface area (Å²) in [5, 5.41) is 3.21. The standard InChI is InChI=1S/C20H26N4OS/c1-14-9-10-15(2)24(14)13-19(25)21-17(11-12-26-4)20-22-16-7-5-6-8-18(16)23(20)3/h5-10,17H,11-13H2,1-4H3,(H,21,25). The van der Waals surface area contributed by atoms with E-state index in [1.165, 1.54) is 0 Å². The van der Waals surface area contributed by atoms with Gasteiger partial charge in [-0.3, -0.25) is 4.79 Å². The van der Waals surface area contributed by atoms with Gasteiger partial charge in [0, 0.05) is 18.4 Å². The second-order valence-electron chi connectivity index (χ2n) is 6.62. The Hall–Kier alpha value is -2.21. The molecule has 1 atom stereocenters. The molecule has 1 amide bonds. The van der Waals surface area contributed by atoms with Crippen molar-refractivity contribution in [1.82, 2.24) is 19.4 Å². The van der Waals surface area contributed by atoms with Gasteiger partial charge in [0.2, 0.25) is 5.91 Å². The molecule has 0 fully saturated rings. The van der Waals surface area contributed by atoms with E-state index in [4.69, 9.17) is 4.98 Å². The van der Waals surface area contributed by atoms with E-state index in [0.29, 0.717) is 6.54 Å². The molecule has 0 spiro atoms. The van der Waals surface area contributed by atoms with Crippen LogP contribution in [0, 0.1) is 13.8 Å². The summed E-state index contributed by atoms with van der Waals surface area (Å²) in [6.07, 6.45) is 2.94. The first-order valence-corrected chi connectivity index (χ1v) is 10.2. The molecular weight excluding hydrogens is 344 g/mol. The molecule has 5 nitrogen and oxygen atoms in total. The Kier molecular flexibility index (Phi) is 5.71. The maximum absolute atomic E-state index is 12.7. The molecule has 0 bridgehead atoms. The normalized spacial score (nSPS) is 12.5. The van der Waals surface area contributed by atoms with Gasteiger partial charge in [-0.1, -0.05) is 12.1 Å². The van der Waals surface area contributed by atoms with Crippen LogP contribution in [0.15, 0.2) is 36.4 Å². The summed E-state index contributed by atoms with van der Waals surface area (Å²) in [5.41, 5.74) is 4.25. The highest BCUT2D eigenvalue weighted by Gasteiger charge is 2.21. The lowest BCUT2D eigenvalue weighted by molar-refractivity contribution is -0.122. The summed E-state index contributed by atoms with van der Waals surface area (Å²) in [6.45, 7) is 4.39. The minimum atomic E-state index is -0.0940. The van der Waals surface area contributed by atoms with Gasteiger partial charge >= 0.3 is 0 Å². The van der Waals surface area contributed by atoms with Crippen LogP contribution in [-0.2, 0) is 18.4 Å². The first-order valence-electron chi connectivity index (χ1n) is 8.83. The number of carbonyl (C=O) groups is 1. The maximum Gasteiger partial charge on any atom is 0.240 e. The number of hydrogen-bond donors (Lipinski definition) is 1. The van der Waals surface area contributed by atoms with Crippen LogP contribution in [0.3, 0.4) is 0 Å². The van der Waals surface area contributed by atoms with E-state index < -0.39 is 0 Å². The lowest BCUT2D eigenvalue weighted by Crippen LogP contribution is -2.33. The Balaban J connectivity index is 1.83. The summed E-state index contributed by atoms with van der Waals surface area (Å²) in [4.78, 5) is 17.5. The Morgan fingerprint density at radius 1 is 1.19 bits per heavy atom. The van der Waals surface area contributed by atoms with Crippen molar-refractivity contribution in [2.45, 2.75) is 32.9 Å². The highest BCUT2D eigenvalue weighted by Crippen LogP contribution is 2.23. The fraction of sp³-hybridized carbons (Fsp3) is 0.400. The number of benzene rings is 1. The van der Waals surface area contributed by atoms with E-state index in [1.807, 2.05) is 55.8 Å². The lowest BCUT2D eigenvalue weighted by atomic mass is 10.2. The van der Waals surface area contributed by atoms with Gasteiger partial charge < -0.3 is 14.5 Å². The number of fused-ring (bicyclic) bond motifs is 1. The van der Waals surface area contributed by atoms with Crippen molar-refractivity contribution in [3.8, 4) is 0 Å². The van der Waals surface area contributed by atoms with Gasteiger partial charge in [-0.05, 0) is 56.5 Å². The van der Waals surface area contributed by atoms with Gasteiger partial charge in [0.05, 0.1) is 17.1 Å². The van der Waals surface area contributed by atoms with Crippen LogP contribution in [0.1, 0.15) is 29.7 Å². The van der Waals surface area contributed by atoms with E-state index in [9.17, 15) is 4.79 Å². The largest absolute Gasteiger partial charge is 0.345 e. The number of hydrogen-bond acceptors (Lipinski definition) is 3. The molecule has 6 heteroatoms. The summed E-state index contributed by atoms with van der Waals surface area (Å²) < 4.78 is 4.13. The van der Waals surface area contributed by atoms with Crippen molar-refractivity contribution in [2.75, 3.05) is 12.0 Å². The number of imidazole rings is 1. The first-order chi connectivity index (χ1) is 12.5. The zero-order valence-electron chi connectivity index (χ0n) is 15.8. The Morgan fingerprint density at radius 3 is 2.54 bits per heavy atom. The Labute approximate surface area is 158 Å². The zero-order chi connectivity index (χ0) is 18.7. The molecule has 0 saturated heterocycles. The molecule has 0 aliphatic carbocycles. The van der Waals surface area contributed by atoms with Crippen LogP contribution in [0.25, 0.3) is 11.0 Å².